The van der Waals surface area contributed by atoms with Crippen molar-refractivity contribution in [2.45, 2.75) is 52.7 Å². The molecule has 0 aliphatic heterocycles. The van der Waals surface area contributed by atoms with E-state index >= 15 is 0 Å². The van der Waals surface area contributed by atoms with Gasteiger partial charge in [-0.25, -0.2) is 0 Å². The lowest BCUT2D eigenvalue weighted by atomic mass is 9.90. The molecule has 0 saturated carbocycles. The molecule has 3 nitrogen and oxygen atoms in total. The van der Waals surface area contributed by atoms with Crippen molar-refractivity contribution in [3.63, 3.8) is 0 Å². The van der Waals surface area contributed by atoms with Gasteiger partial charge in [0.25, 0.3) is 5.56 Å². The number of aliphatic hydroxyl groups excluding tert-OH is 1. The van der Waals surface area contributed by atoms with Crippen molar-refractivity contribution in [1.82, 2.24) is 4.57 Å². The van der Waals surface area contributed by atoms with Crippen LogP contribution in [0.5, 0.6) is 0 Å². The molecule has 90 valence electrons. The zero-order chi connectivity index (χ0) is 12.3. The summed E-state index contributed by atoms with van der Waals surface area (Å²) >= 11 is 0. The molecule has 0 amide bonds. The molecule has 1 heterocycles. The molecule has 0 radical (unpaired) electrons. The van der Waals surface area contributed by atoms with Crippen LogP contribution in [-0.4, -0.2) is 9.67 Å². The zero-order valence-corrected chi connectivity index (χ0v) is 10.6. The van der Waals surface area contributed by atoms with Gasteiger partial charge in [-0.2, -0.15) is 0 Å². The summed E-state index contributed by atoms with van der Waals surface area (Å²) in [4.78, 5) is 12.1. The molecule has 0 aliphatic rings. The van der Waals surface area contributed by atoms with Crippen molar-refractivity contribution in [2.24, 2.45) is 0 Å². The maximum absolute atomic E-state index is 12.1. The second-order valence-corrected chi connectivity index (χ2v) is 5.11. The lowest BCUT2D eigenvalue weighted by Gasteiger charge is -2.24. The second-order valence-electron chi connectivity index (χ2n) is 5.11. The standard InChI is InChI=1S/C13H21NO2/c1-5-8-14-11(13(2,3)4)7-6-10(9-15)12(14)16/h6-7,15H,5,8-9H2,1-4H3. The molecule has 1 aromatic rings. The molecule has 0 aliphatic carbocycles. The van der Waals surface area contributed by atoms with Crippen molar-refractivity contribution < 1.29 is 5.11 Å². The maximum Gasteiger partial charge on any atom is 0.256 e. The molecule has 0 spiro atoms. The molecule has 0 aromatic carbocycles. The lowest BCUT2D eigenvalue weighted by Crippen LogP contribution is -2.31. The average Bonchev–Trinajstić information content (AvgIpc) is 2.19. The van der Waals surface area contributed by atoms with E-state index in [-0.39, 0.29) is 17.6 Å². The monoisotopic (exact) mass is 223 g/mol. The highest BCUT2D eigenvalue weighted by Crippen LogP contribution is 2.21. The van der Waals surface area contributed by atoms with Gasteiger partial charge in [-0.15, -0.1) is 0 Å². The van der Waals surface area contributed by atoms with E-state index in [9.17, 15) is 4.79 Å². The van der Waals surface area contributed by atoms with Gasteiger partial charge in [-0.1, -0.05) is 27.7 Å². The van der Waals surface area contributed by atoms with E-state index in [1.165, 1.54) is 0 Å². The third-order valence-corrected chi connectivity index (χ3v) is 2.64. The van der Waals surface area contributed by atoms with Crippen molar-refractivity contribution in [2.75, 3.05) is 0 Å². The molecule has 3 heteroatoms. The van der Waals surface area contributed by atoms with E-state index in [2.05, 4.69) is 20.8 Å². The van der Waals surface area contributed by atoms with Crippen LogP contribution in [0.4, 0.5) is 0 Å². The van der Waals surface area contributed by atoms with Crippen molar-refractivity contribution in [3.8, 4) is 0 Å². The Hall–Kier alpha value is -1.09. The first kappa shape index (κ1) is 13.0. The Morgan fingerprint density at radius 2 is 1.94 bits per heavy atom. The molecule has 1 N–H and O–H groups in total. The molecule has 1 rings (SSSR count). The first-order chi connectivity index (χ1) is 7.41. The molecular weight excluding hydrogens is 202 g/mol. The molecule has 0 atom stereocenters. The predicted octanol–water partition coefficient (Wildman–Crippen LogP) is 2.05. The van der Waals surface area contributed by atoms with Gasteiger partial charge in [0, 0.05) is 23.2 Å². The van der Waals surface area contributed by atoms with Gasteiger partial charge in [0.2, 0.25) is 0 Å². The summed E-state index contributed by atoms with van der Waals surface area (Å²) in [5.74, 6) is 0. The Bertz CT molecular complexity index is 413. The fraction of sp³-hybridized carbons (Fsp3) is 0.615. The SMILES string of the molecule is CCCn1c(C(C)(C)C)ccc(CO)c1=O. The van der Waals surface area contributed by atoms with Crippen LogP contribution in [0.25, 0.3) is 0 Å². The summed E-state index contributed by atoms with van der Waals surface area (Å²) < 4.78 is 1.78. The summed E-state index contributed by atoms with van der Waals surface area (Å²) in [6.07, 6.45) is 0.915. The third kappa shape index (κ3) is 2.53. The number of aliphatic hydroxyl groups is 1. The number of hydrogen-bond acceptors (Lipinski definition) is 2. The van der Waals surface area contributed by atoms with E-state index in [0.29, 0.717) is 12.1 Å². The minimum Gasteiger partial charge on any atom is -0.391 e. The van der Waals surface area contributed by atoms with Gasteiger partial charge in [0.15, 0.2) is 0 Å². The molecule has 16 heavy (non-hydrogen) atoms. The Balaban J connectivity index is 3.41. The van der Waals surface area contributed by atoms with Crippen molar-refractivity contribution in [1.29, 1.82) is 0 Å². The van der Waals surface area contributed by atoms with Crippen LogP contribution >= 0.6 is 0 Å². The largest absolute Gasteiger partial charge is 0.391 e. The Kier molecular flexibility index (Phi) is 3.92. The summed E-state index contributed by atoms with van der Waals surface area (Å²) in [6, 6.07) is 3.68. The summed E-state index contributed by atoms with van der Waals surface area (Å²) in [5.41, 5.74) is 1.39. The quantitative estimate of drug-likeness (QED) is 0.852. The number of aromatic nitrogens is 1. The molecule has 0 bridgehead atoms. The van der Waals surface area contributed by atoms with Crippen molar-refractivity contribution >= 4 is 0 Å². The van der Waals surface area contributed by atoms with Gasteiger partial charge in [0.05, 0.1) is 6.61 Å². The highest BCUT2D eigenvalue weighted by Gasteiger charge is 2.19. The summed E-state index contributed by atoms with van der Waals surface area (Å²) in [6.45, 7) is 8.84. The molecule has 0 saturated heterocycles. The second kappa shape index (κ2) is 4.83. The maximum atomic E-state index is 12.1. The van der Waals surface area contributed by atoms with E-state index in [1.54, 1.807) is 10.6 Å². The van der Waals surface area contributed by atoms with Gasteiger partial charge in [0.1, 0.15) is 0 Å². The summed E-state index contributed by atoms with van der Waals surface area (Å²) in [5, 5.41) is 9.09. The van der Waals surface area contributed by atoms with E-state index in [0.717, 1.165) is 12.1 Å². The van der Waals surface area contributed by atoms with Crippen LogP contribution in [0.1, 0.15) is 45.4 Å². The number of hydrogen-bond donors (Lipinski definition) is 1. The minimum absolute atomic E-state index is 0.0533. The highest BCUT2D eigenvalue weighted by molar-refractivity contribution is 5.21. The van der Waals surface area contributed by atoms with Gasteiger partial charge in [-0.05, 0) is 18.6 Å². The average molecular weight is 223 g/mol. The van der Waals surface area contributed by atoms with E-state index in [1.807, 2.05) is 13.0 Å². The van der Waals surface area contributed by atoms with Crippen LogP contribution in [0, 0.1) is 0 Å². The van der Waals surface area contributed by atoms with E-state index < -0.39 is 0 Å². The number of rotatable bonds is 3. The highest BCUT2D eigenvalue weighted by atomic mass is 16.3. The molecule has 0 fully saturated rings. The molecule has 1 aromatic heterocycles. The van der Waals surface area contributed by atoms with E-state index in [4.69, 9.17) is 5.11 Å². The topological polar surface area (TPSA) is 42.2 Å². The van der Waals surface area contributed by atoms with Gasteiger partial charge < -0.3 is 9.67 Å². The smallest absolute Gasteiger partial charge is 0.256 e. The number of pyridine rings is 1. The Morgan fingerprint density at radius 3 is 2.38 bits per heavy atom. The summed E-state index contributed by atoms with van der Waals surface area (Å²) in [7, 11) is 0. The molecular formula is C13H21NO2. The van der Waals surface area contributed by atoms with Crippen LogP contribution < -0.4 is 5.56 Å². The van der Waals surface area contributed by atoms with Gasteiger partial charge >= 0.3 is 0 Å². The number of nitrogens with zero attached hydrogens (tertiary/aromatic N) is 1. The first-order valence-corrected chi connectivity index (χ1v) is 5.76. The third-order valence-electron chi connectivity index (χ3n) is 2.64. The Morgan fingerprint density at radius 1 is 1.31 bits per heavy atom. The minimum atomic E-state index is -0.188. The lowest BCUT2D eigenvalue weighted by molar-refractivity contribution is 0.278. The normalized spacial score (nSPS) is 11.8. The predicted molar refractivity (Wildman–Crippen MR) is 65.6 cm³/mol. The Labute approximate surface area is 96.7 Å². The first-order valence-electron chi connectivity index (χ1n) is 5.76. The van der Waals surface area contributed by atoms with Gasteiger partial charge in [-0.3, -0.25) is 4.79 Å². The van der Waals surface area contributed by atoms with Crippen LogP contribution in [0.15, 0.2) is 16.9 Å². The zero-order valence-electron chi connectivity index (χ0n) is 10.6. The fourth-order valence-corrected chi connectivity index (χ4v) is 1.84. The van der Waals surface area contributed by atoms with Crippen LogP contribution in [-0.2, 0) is 18.6 Å². The fourth-order valence-electron chi connectivity index (χ4n) is 1.84. The van der Waals surface area contributed by atoms with Crippen molar-refractivity contribution in [3.05, 3.63) is 33.7 Å². The van der Waals surface area contributed by atoms with Crippen LogP contribution in [0.2, 0.25) is 0 Å². The van der Waals surface area contributed by atoms with Crippen LogP contribution in [0.3, 0.4) is 0 Å². The molecule has 0 unspecified atom stereocenters.